The van der Waals surface area contributed by atoms with Gasteiger partial charge in [0.05, 0.1) is 12.7 Å². The second-order valence-electron chi connectivity index (χ2n) is 4.88. The number of amides is 1. The van der Waals surface area contributed by atoms with Gasteiger partial charge in [-0.2, -0.15) is 0 Å². The van der Waals surface area contributed by atoms with Crippen molar-refractivity contribution in [3.63, 3.8) is 0 Å². The van der Waals surface area contributed by atoms with Gasteiger partial charge in [0.2, 0.25) is 0 Å². The Kier molecular flexibility index (Phi) is 7.19. The fourth-order valence-corrected chi connectivity index (χ4v) is 2.27. The number of rotatable bonds is 5. The van der Waals surface area contributed by atoms with Crippen LogP contribution in [-0.2, 0) is 11.3 Å². The number of carbonyl (C=O) groups is 1. The number of nitrogens with one attached hydrogen (secondary N) is 1. The van der Waals surface area contributed by atoms with Gasteiger partial charge in [-0.25, -0.2) is 4.79 Å². The van der Waals surface area contributed by atoms with E-state index in [0.29, 0.717) is 18.7 Å². The molecule has 0 aliphatic heterocycles. The smallest absolute Gasteiger partial charge is 0.407 e. The monoisotopic (exact) mass is 387 g/mol. The van der Waals surface area contributed by atoms with E-state index >= 15 is 0 Å². The molecular weight excluding hydrogens is 370 g/mol. The van der Waals surface area contributed by atoms with Crippen molar-refractivity contribution in [2.45, 2.75) is 13.0 Å². The van der Waals surface area contributed by atoms with E-state index in [1.807, 2.05) is 48.5 Å². The van der Waals surface area contributed by atoms with Crippen LogP contribution >= 0.6 is 15.9 Å². The number of hydrogen-bond donors (Lipinski definition) is 1. The van der Waals surface area contributed by atoms with Gasteiger partial charge in [-0.05, 0) is 23.8 Å². The molecule has 0 radical (unpaired) electrons. The first-order valence-electron chi connectivity index (χ1n) is 7.46. The molecule has 0 aliphatic carbocycles. The highest BCUT2D eigenvalue weighted by molar-refractivity contribution is 9.10. The second kappa shape index (κ2) is 9.64. The standard InChI is InChI=1S/C19H18BrNO3/c1-23-18-13-17(20)11-10-16(18)9-5-6-12-21-19(22)24-14-15-7-3-2-4-8-15/h2-4,7-8,10-11,13H,6,12,14H2,1H3,(H,21,22). The van der Waals surface area contributed by atoms with Crippen LogP contribution in [0.4, 0.5) is 4.79 Å². The summed E-state index contributed by atoms with van der Waals surface area (Å²) in [6.45, 7) is 0.688. The zero-order valence-corrected chi connectivity index (χ0v) is 14.9. The molecule has 0 heterocycles. The molecule has 0 atom stereocenters. The molecule has 1 amide bonds. The molecule has 0 fully saturated rings. The molecule has 124 valence electrons. The van der Waals surface area contributed by atoms with Gasteiger partial charge in [0.1, 0.15) is 12.4 Å². The molecule has 0 saturated carbocycles. The van der Waals surface area contributed by atoms with E-state index in [1.54, 1.807) is 7.11 Å². The van der Waals surface area contributed by atoms with Gasteiger partial charge < -0.3 is 14.8 Å². The van der Waals surface area contributed by atoms with E-state index in [2.05, 4.69) is 33.1 Å². The van der Waals surface area contributed by atoms with Gasteiger partial charge in [0.25, 0.3) is 0 Å². The fourth-order valence-electron chi connectivity index (χ4n) is 1.93. The van der Waals surface area contributed by atoms with Gasteiger partial charge in [-0.3, -0.25) is 0 Å². The molecule has 0 unspecified atom stereocenters. The number of benzene rings is 2. The molecule has 0 aromatic heterocycles. The Morgan fingerprint density at radius 1 is 1.21 bits per heavy atom. The third-order valence-corrected chi connectivity index (χ3v) is 3.61. The minimum atomic E-state index is -0.443. The summed E-state index contributed by atoms with van der Waals surface area (Å²) in [4.78, 5) is 11.6. The number of methoxy groups -OCH3 is 1. The summed E-state index contributed by atoms with van der Waals surface area (Å²) in [5.74, 6) is 6.76. The van der Waals surface area contributed by atoms with Crippen LogP contribution in [0.3, 0.4) is 0 Å². The van der Waals surface area contributed by atoms with Crippen LogP contribution < -0.4 is 10.1 Å². The molecule has 2 rings (SSSR count). The highest BCUT2D eigenvalue weighted by Crippen LogP contribution is 2.22. The fraction of sp³-hybridized carbons (Fsp3) is 0.211. The molecule has 5 heteroatoms. The summed E-state index contributed by atoms with van der Waals surface area (Å²) in [7, 11) is 1.61. The zero-order valence-electron chi connectivity index (χ0n) is 13.3. The molecule has 4 nitrogen and oxygen atoms in total. The number of halogens is 1. The van der Waals surface area contributed by atoms with Crippen molar-refractivity contribution in [1.29, 1.82) is 0 Å². The van der Waals surface area contributed by atoms with Crippen LogP contribution in [0.15, 0.2) is 53.0 Å². The summed E-state index contributed by atoms with van der Waals surface area (Å²) in [5.41, 5.74) is 1.77. The highest BCUT2D eigenvalue weighted by Gasteiger charge is 2.02. The topological polar surface area (TPSA) is 47.6 Å². The Hall–Kier alpha value is -2.45. The second-order valence-corrected chi connectivity index (χ2v) is 5.80. The molecule has 0 bridgehead atoms. The SMILES string of the molecule is COc1cc(Br)ccc1C#CCCNC(=O)OCc1ccccc1. The highest BCUT2D eigenvalue weighted by atomic mass is 79.9. The van der Waals surface area contributed by atoms with Crippen LogP contribution in [0.5, 0.6) is 5.75 Å². The predicted molar refractivity (Wildman–Crippen MR) is 96.8 cm³/mol. The summed E-state index contributed by atoms with van der Waals surface area (Å²) in [6.07, 6.45) is 0.0847. The van der Waals surface area contributed by atoms with Crippen molar-refractivity contribution in [1.82, 2.24) is 5.32 Å². The minimum absolute atomic E-state index is 0.258. The van der Waals surface area contributed by atoms with Crippen molar-refractivity contribution in [3.8, 4) is 17.6 Å². The van der Waals surface area contributed by atoms with Gasteiger partial charge in [0.15, 0.2) is 0 Å². The van der Waals surface area contributed by atoms with Crippen LogP contribution in [0.25, 0.3) is 0 Å². The van der Waals surface area contributed by atoms with E-state index in [4.69, 9.17) is 9.47 Å². The number of ether oxygens (including phenoxy) is 2. The molecule has 24 heavy (non-hydrogen) atoms. The Bertz CT molecular complexity index is 735. The van der Waals surface area contributed by atoms with Gasteiger partial charge in [-0.1, -0.05) is 58.1 Å². The van der Waals surface area contributed by atoms with Crippen molar-refractivity contribution >= 4 is 22.0 Å². The van der Waals surface area contributed by atoms with E-state index in [0.717, 1.165) is 15.6 Å². The van der Waals surface area contributed by atoms with Crippen molar-refractivity contribution in [2.24, 2.45) is 0 Å². The van der Waals surface area contributed by atoms with Crippen LogP contribution in [0.1, 0.15) is 17.5 Å². The van der Waals surface area contributed by atoms with E-state index in [1.165, 1.54) is 0 Å². The molecular formula is C19H18BrNO3. The third kappa shape index (κ3) is 5.98. The van der Waals surface area contributed by atoms with Crippen LogP contribution in [0, 0.1) is 11.8 Å². The Morgan fingerprint density at radius 3 is 2.75 bits per heavy atom. The lowest BCUT2D eigenvalue weighted by Crippen LogP contribution is -2.24. The molecule has 0 aliphatic rings. The number of alkyl carbamates (subject to hydrolysis) is 1. The average Bonchev–Trinajstić information content (AvgIpc) is 2.61. The van der Waals surface area contributed by atoms with Gasteiger partial charge in [-0.15, -0.1) is 0 Å². The van der Waals surface area contributed by atoms with Crippen molar-refractivity contribution in [2.75, 3.05) is 13.7 Å². The molecule has 0 spiro atoms. The Balaban J connectivity index is 1.72. The summed E-state index contributed by atoms with van der Waals surface area (Å²) < 4.78 is 11.3. The number of hydrogen-bond acceptors (Lipinski definition) is 3. The summed E-state index contributed by atoms with van der Waals surface area (Å²) in [6, 6.07) is 15.2. The average molecular weight is 388 g/mol. The third-order valence-electron chi connectivity index (χ3n) is 3.12. The minimum Gasteiger partial charge on any atom is -0.495 e. The van der Waals surface area contributed by atoms with Gasteiger partial charge in [0, 0.05) is 17.4 Å². The quantitative estimate of drug-likeness (QED) is 0.619. The maximum absolute atomic E-state index is 11.6. The number of carbonyl (C=O) groups excluding carboxylic acids is 1. The molecule has 2 aromatic rings. The lowest BCUT2D eigenvalue weighted by Gasteiger charge is -2.05. The Labute approximate surface area is 150 Å². The van der Waals surface area contributed by atoms with Crippen molar-refractivity contribution < 1.29 is 14.3 Å². The Morgan fingerprint density at radius 2 is 2.00 bits per heavy atom. The molecule has 1 N–H and O–H groups in total. The van der Waals surface area contributed by atoms with Crippen LogP contribution in [-0.4, -0.2) is 19.7 Å². The maximum Gasteiger partial charge on any atom is 0.407 e. The maximum atomic E-state index is 11.6. The zero-order chi connectivity index (χ0) is 17.2. The lowest BCUT2D eigenvalue weighted by atomic mass is 10.2. The van der Waals surface area contributed by atoms with E-state index < -0.39 is 6.09 Å². The predicted octanol–water partition coefficient (Wildman–Crippen LogP) is 4.13. The summed E-state index contributed by atoms with van der Waals surface area (Å²) in [5, 5.41) is 2.67. The van der Waals surface area contributed by atoms with E-state index in [-0.39, 0.29) is 6.61 Å². The first-order valence-corrected chi connectivity index (χ1v) is 8.25. The first kappa shape index (κ1) is 17.9. The summed E-state index contributed by atoms with van der Waals surface area (Å²) >= 11 is 3.39. The molecule has 0 saturated heterocycles. The van der Waals surface area contributed by atoms with Crippen molar-refractivity contribution in [3.05, 3.63) is 64.1 Å². The first-order chi connectivity index (χ1) is 11.7. The lowest BCUT2D eigenvalue weighted by molar-refractivity contribution is 0.140. The normalized spacial score (nSPS) is 9.58. The van der Waals surface area contributed by atoms with Gasteiger partial charge >= 0.3 is 6.09 Å². The van der Waals surface area contributed by atoms with Crippen LogP contribution in [0.2, 0.25) is 0 Å². The molecule has 2 aromatic carbocycles. The van der Waals surface area contributed by atoms with E-state index in [9.17, 15) is 4.79 Å². The largest absolute Gasteiger partial charge is 0.495 e.